The van der Waals surface area contributed by atoms with E-state index < -0.39 is 0 Å². The number of hydrogen-bond donors (Lipinski definition) is 0. The number of hydrogen-bond acceptors (Lipinski definition) is 3. The summed E-state index contributed by atoms with van der Waals surface area (Å²) in [5.74, 6) is 0. The summed E-state index contributed by atoms with van der Waals surface area (Å²) in [6, 6.07) is 11.0. The minimum atomic E-state index is 0.595. The third-order valence-corrected chi connectivity index (χ3v) is 3.95. The maximum atomic E-state index is 9.00. The minimum absolute atomic E-state index is 0.595. The summed E-state index contributed by atoms with van der Waals surface area (Å²) in [5.41, 5.74) is 2.40. The van der Waals surface area contributed by atoms with Crippen molar-refractivity contribution < 1.29 is 0 Å². The highest BCUT2D eigenvalue weighted by Gasteiger charge is 2.14. The number of aromatic nitrogens is 2. The highest BCUT2D eigenvalue weighted by molar-refractivity contribution is 8.03. The third-order valence-electron chi connectivity index (χ3n) is 2.80. The van der Waals surface area contributed by atoms with E-state index in [1.165, 1.54) is 0 Å². The molecule has 1 aromatic carbocycles. The number of fused-ring (bicyclic) bond motifs is 1. The average Bonchev–Trinajstić information content (AvgIpc) is 2.79. The lowest BCUT2D eigenvalue weighted by atomic mass is 10.2. The Balaban J connectivity index is 2.26. The molecule has 98 valence electrons. The van der Waals surface area contributed by atoms with Crippen LogP contribution >= 0.6 is 35.0 Å². The average molecular weight is 320 g/mol. The molecule has 0 unspecified atom stereocenters. The van der Waals surface area contributed by atoms with Crippen LogP contribution in [0, 0.1) is 10.7 Å². The van der Waals surface area contributed by atoms with E-state index in [0.717, 1.165) is 33.7 Å². The second-order valence-electron chi connectivity index (χ2n) is 4.04. The summed E-state index contributed by atoms with van der Waals surface area (Å²) < 4.78 is 1.82. The van der Waals surface area contributed by atoms with E-state index in [4.69, 9.17) is 28.5 Å². The Morgan fingerprint density at radius 3 is 2.45 bits per heavy atom. The first-order valence-corrected chi connectivity index (χ1v) is 7.26. The summed E-state index contributed by atoms with van der Waals surface area (Å²) in [5, 5.41) is 13.1. The van der Waals surface area contributed by atoms with Gasteiger partial charge in [-0.15, -0.1) is 0 Å². The van der Waals surface area contributed by atoms with Crippen LogP contribution in [0.15, 0.2) is 47.6 Å². The number of nitrogens with zero attached hydrogens (tertiary/aromatic N) is 3. The quantitative estimate of drug-likeness (QED) is 0.499. The van der Waals surface area contributed by atoms with Crippen molar-refractivity contribution in [1.82, 2.24) is 9.38 Å². The molecule has 0 aliphatic rings. The Morgan fingerprint density at radius 1 is 1.05 bits per heavy atom. The summed E-state index contributed by atoms with van der Waals surface area (Å²) in [4.78, 5) is 4.56. The second-order valence-corrected chi connectivity index (χ2v) is 5.69. The van der Waals surface area contributed by atoms with E-state index in [9.17, 15) is 0 Å². The Morgan fingerprint density at radius 2 is 1.75 bits per heavy atom. The maximum Gasteiger partial charge on any atom is 0.140 e. The predicted octanol–water partition coefficient (Wildman–Crippen LogP) is 4.88. The molecule has 2 aromatic heterocycles. The molecular formula is C14H7Cl2N3S. The molecule has 0 atom stereocenters. The number of benzene rings is 1. The van der Waals surface area contributed by atoms with Crippen LogP contribution in [0.25, 0.3) is 16.9 Å². The summed E-state index contributed by atoms with van der Waals surface area (Å²) in [6.45, 7) is 0. The first kappa shape index (κ1) is 13.3. The van der Waals surface area contributed by atoms with E-state index in [1.54, 1.807) is 24.4 Å². The van der Waals surface area contributed by atoms with Gasteiger partial charge in [0.1, 0.15) is 21.8 Å². The lowest BCUT2D eigenvalue weighted by Crippen LogP contribution is -1.86. The largest absolute Gasteiger partial charge is 0.292 e. The van der Waals surface area contributed by atoms with Gasteiger partial charge in [0.25, 0.3) is 0 Å². The summed E-state index contributed by atoms with van der Waals surface area (Å²) >= 11 is 13.0. The van der Waals surface area contributed by atoms with Gasteiger partial charge < -0.3 is 0 Å². The number of nitriles is 1. The van der Waals surface area contributed by atoms with Crippen molar-refractivity contribution >= 4 is 40.6 Å². The van der Waals surface area contributed by atoms with Crippen LogP contribution in [-0.4, -0.2) is 9.38 Å². The molecule has 20 heavy (non-hydrogen) atoms. The lowest BCUT2D eigenvalue weighted by Gasteiger charge is -2.01. The van der Waals surface area contributed by atoms with Gasteiger partial charge in [0.05, 0.1) is 5.02 Å². The molecule has 3 rings (SSSR count). The maximum absolute atomic E-state index is 9.00. The van der Waals surface area contributed by atoms with Crippen LogP contribution in [0.2, 0.25) is 10.0 Å². The van der Waals surface area contributed by atoms with E-state index in [0.29, 0.717) is 10.0 Å². The molecule has 0 saturated carbocycles. The highest BCUT2D eigenvalue weighted by Crippen LogP contribution is 2.32. The zero-order valence-electron chi connectivity index (χ0n) is 10.0. The Bertz CT molecular complexity index is 819. The number of halogens is 2. The van der Waals surface area contributed by atoms with Gasteiger partial charge in [-0.3, -0.25) is 4.40 Å². The molecule has 0 N–H and O–H groups in total. The number of rotatable bonds is 2. The van der Waals surface area contributed by atoms with Gasteiger partial charge in [0.15, 0.2) is 0 Å². The molecule has 0 radical (unpaired) electrons. The van der Waals surface area contributed by atoms with E-state index in [1.807, 2.05) is 22.6 Å². The molecule has 2 heterocycles. The van der Waals surface area contributed by atoms with Gasteiger partial charge >= 0.3 is 0 Å². The predicted molar refractivity (Wildman–Crippen MR) is 82.1 cm³/mol. The van der Waals surface area contributed by atoms with Crippen LogP contribution in [0.4, 0.5) is 0 Å². The first-order valence-electron chi connectivity index (χ1n) is 5.68. The van der Waals surface area contributed by atoms with Gasteiger partial charge in [0.2, 0.25) is 0 Å². The Kier molecular flexibility index (Phi) is 3.58. The molecule has 0 aliphatic carbocycles. The molecular weight excluding hydrogens is 313 g/mol. The molecule has 0 saturated heterocycles. The zero-order valence-corrected chi connectivity index (χ0v) is 12.4. The monoisotopic (exact) mass is 319 g/mol. The number of imidazole rings is 1. The van der Waals surface area contributed by atoms with E-state index in [-0.39, 0.29) is 0 Å². The fraction of sp³-hybridized carbons (Fsp3) is 0. The molecule has 0 aliphatic heterocycles. The molecule has 6 heteroatoms. The topological polar surface area (TPSA) is 41.1 Å². The number of thiocyanates is 1. The first-order chi connectivity index (χ1) is 9.69. The summed E-state index contributed by atoms with van der Waals surface area (Å²) in [7, 11) is 0. The minimum Gasteiger partial charge on any atom is -0.292 e. The lowest BCUT2D eigenvalue weighted by molar-refractivity contribution is 1.06. The van der Waals surface area contributed by atoms with Crippen molar-refractivity contribution in [1.29, 1.82) is 5.26 Å². The number of pyridine rings is 1. The van der Waals surface area contributed by atoms with Crippen LogP contribution in [0.3, 0.4) is 0 Å². The van der Waals surface area contributed by atoms with Crippen molar-refractivity contribution in [2.24, 2.45) is 0 Å². The molecule has 0 amide bonds. The van der Waals surface area contributed by atoms with Gasteiger partial charge in [-0.25, -0.2) is 4.98 Å². The van der Waals surface area contributed by atoms with Gasteiger partial charge in [0, 0.05) is 28.5 Å². The molecule has 3 nitrogen and oxygen atoms in total. The van der Waals surface area contributed by atoms with Crippen molar-refractivity contribution in [3.8, 4) is 16.7 Å². The molecule has 3 aromatic rings. The van der Waals surface area contributed by atoms with Crippen molar-refractivity contribution in [3.63, 3.8) is 0 Å². The van der Waals surface area contributed by atoms with Gasteiger partial charge in [-0.2, -0.15) is 5.26 Å². The Hall–Kier alpha value is -1.67. The third kappa shape index (κ3) is 2.36. The highest BCUT2D eigenvalue weighted by atomic mass is 35.5. The summed E-state index contributed by atoms with van der Waals surface area (Å²) in [6.07, 6.45) is 1.75. The molecule has 0 bridgehead atoms. The van der Waals surface area contributed by atoms with Gasteiger partial charge in [-0.05, 0) is 24.3 Å². The van der Waals surface area contributed by atoms with Crippen molar-refractivity contribution in [2.45, 2.75) is 5.03 Å². The SMILES string of the molecule is N#CSc1c(-c2ccc(Cl)cc2)nc2ccc(Cl)cn12. The molecule has 0 fully saturated rings. The Labute approximate surface area is 129 Å². The van der Waals surface area contributed by atoms with Crippen LogP contribution < -0.4 is 0 Å². The fourth-order valence-electron chi connectivity index (χ4n) is 1.93. The smallest absolute Gasteiger partial charge is 0.140 e. The van der Waals surface area contributed by atoms with E-state index >= 15 is 0 Å². The molecule has 0 spiro atoms. The zero-order chi connectivity index (χ0) is 14.1. The van der Waals surface area contributed by atoms with E-state index in [2.05, 4.69) is 10.4 Å². The van der Waals surface area contributed by atoms with Gasteiger partial charge in [-0.1, -0.05) is 35.3 Å². The normalized spacial score (nSPS) is 10.7. The van der Waals surface area contributed by atoms with Crippen LogP contribution in [0.5, 0.6) is 0 Å². The van der Waals surface area contributed by atoms with Crippen molar-refractivity contribution in [2.75, 3.05) is 0 Å². The number of thioether (sulfide) groups is 1. The second kappa shape index (κ2) is 5.37. The van der Waals surface area contributed by atoms with Crippen LogP contribution in [-0.2, 0) is 0 Å². The van der Waals surface area contributed by atoms with Crippen LogP contribution in [0.1, 0.15) is 0 Å². The standard InChI is InChI=1S/C14H7Cl2N3S/c15-10-3-1-9(2-4-10)13-14(20-8-17)19-7-11(16)5-6-12(19)18-13/h1-7H. The fourth-order valence-corrected chi connectivity index (χ4v) is 2.81. The van der Waals surface area contributed by atoms with Crippen molar-refractivity contribution in [3.05, 3.63) is 52.6 Å².